The number of rotatable bonds is 7. The van der Waals surface area contributed by atoms with E-state index < -0.39 is 5.54 Å². The molecular formula is C19H24N2OS. The topological polar surface area (TPSA) is 46.3 Å². The summed E-state index contributed by atoms with van der Waals surface area (Å²) in [5.41, 5.74) is 8.45. The van der Waals surface area contributed by atoms with E-state index in [1.54, 1.807) is 0 Å². The molecule has 0 radical (unpaired) electrons. The summed E-state index contributed by atoms with van der Waals surface area (Å²) in [5, 5.41) is 1.94. The molecular weight excluding hydrogens is 304 g/mol. The fourth-order valence-corrected chi connectivity index (χ4v) is 4.06. The van der Waals surface area contributed by atoms with Gasteiger partial charge in [-0.3, -0.25) is 4.79 Å². The van der Waals surface area contributed by atoms with Crippen LogP contribution < -0.4 is 10.6 Å². The minimum Gasteiger partial charge on any atom is -0.369 e. The fraction of sp³-hybridized carbons (Fsp3) is 0.421. The number of benzene rings is 1. The molecule has 1 atom stereocenters. The number of fused-ring (bicyclic) bond motifs is 1. The van der Waals surface area contributed by atoms with Gasteiger partial charge in [-0.25, -0.2) is 0 Å². The van der Waals surface area contributed by atoms with Gasteiger partial charge < -0.3 is 10.6 Å². The van der Waals surface area contributed by atoms with E-state index in [1.807, 2.05) is 23.6 Å². The van der Waals surface area contributed by atoms with Gasteiger partial charge in [0.2, 0.25) is 0 Å². The minimum absolute atomic E-state index is 0.146. The van der Waals surface area contributed by atoms with Gasteiger partial charge in [0, 0.05) is 25.2 Å². The van der Waals surface area contributed by atoms with E-state index in [0.29, 0.717) is 6.42 Å². The van der Waals surface area contributed by atoms with Crippen molar-refractivity contribution in [2.24, 2.45) is 5.73 Å². The third kappa shape index (κ3) is 3.33. The van der Waals surface area contributed by atoms with Crippen LogP contribution in [0.5, 0.6) is 0 Å². The highest BCUT2D eigenvalue weighted by Crippen LogP contribution is 2.40. The monoisotopic (exact) mass is 328 g/mol. The van der Waals surface area contributed by atoms with Gasteiger partial charge in [-0.1, -0.05) is 44.0 Å². The Kier molecular flexibility index (Phi) is 4.83. The molecule has 0 spiro atoms. The lowest BCUT2D eigenvalue weighted by atomic mass is 9.87. The number of ketones is 1. The highest BCUT2D eigenvalue weighted by atomic mass is 32.1. The third-order valence-corrected chi connectivity index (χ3v) is 5.47. The van der Waals surface area contributed by atoms with Crippen molar-refractivity contribution in [1.82, 2.24) is 0 Å². The molecule has 0 fully saturated rings. The largest absolute Gasteiger partial charge is 0.369 e. The number of hydrogen-bond acceptors (Lipinski definition) is 4. The lowest BCUT2D eigenvalue weighted by Gasteiger charge is -2.25. The van der Waals surface area contributed by atoms with Crippen molar-refractivity contribution < 1.29 is 4.79 Å². The van der Waals surface area contributed by atoms with E-state index in [2.05, 4.69) is 30.0 Å². The van der Waals surface area contributed by atoms with E-state index in [0.717, 1.165) is 23.5 Å². The van der Waals surface area contributed by atoms with E-state index in [4.69, 9.17) is 5.73 Å². The molecule has 1 aliphatic heterocycles. The van der Waals surface area contributed by atoms with Crippen molar-refractivity contribution >= 4 is 22.8 Å². The summed E-state index contributed by atoms with van der Waals surface area (Å²) >= 11 is 1.49. The molecule has 0 saturated heterocycles. The zero-order valence-corrected chi connectivity index (χ0v) is 14.4. The second-order valence-corrected chi connectivity index (χ2v) is 7.33. The predicted molar refractivity (Wildman–Crippen MR) is 97.3 cm³/mol. The molecule has 0 aliphatic carbocycles. The Morgan fingerprint density at radius 3 is 2.83 bits per heavy atom. The summed E-state index contributed by atoms with van der Waals surface area (Å²) in [5.74, 6) is 0.146. The molecule has 1 aromatic carbocycles. The van der Waals surface area contributed by atoms with Crippen LogP contribution in [0.2, 0.25) is 0 Å². The lowest BCUT2D eigenvalue weighted by Crippen LogP contribution is -2.43. The highest BCUT2D eigenvalue weighted by Gasteiger charge is 2.40. The predicted octanol–water partition coefficient (Wildman–Crippen LogP) is 4.19. The van der Waals surface area contributed by atoms with E-state index in [1.165, 1.54) is 36.3 Å². The van der Waals surface area contributed by atoms with Gasteiger partial charge in [-0.05, 0) is 29.5 Å². The maximum atomic E-state index is 12.6. The smallest absolute Gasteiger partial charge is 0.175 e. The van der Waals surface area contributed by atoms with Crippen molar-refractivity contribution in [3.63, 3.8) is 0 Å². The number of unbranched alkanes of at least 4 members (excludes halogenated alkanes) is 2. The van der Waals surface area contributed by atoms with Gasteiger partial charge in [-0.15, -0.1) is 11.3 Å². The summed E-state index contributed by atoms with van der Waals surface area (Å²) < 4.78 is 0. The Labute approximate surface area is 142 Å². The molecule has 0 bridgehead atoms. The maximum Gasteiger partial charge on any atom is 0.175 e. The zero-order chi connectivity index (χ0) is 16.3. The van der Waals surface area contributed by atoms with Crippen LogP contribution in [0.25, 0.3) is 0 Å². The Morgan fingerprint density at radius 1 is 1.26 bits per heavy atom. The van der Waals surface area contributed by atoms with Crippen molar-refractivity contribution in [2.45, 2.75) is 38.1 Å². The Balaban J connectivity index is 1.80. The molecule has 0 amide bonds. The molecule has 23 heavy (non-hydrogen) atoms. The van der Waals surface area contributed by atoms with Crippen LogP contribution in [0.1, 0.15) is 47.8 Å². The van der Waals surface area contributed by atoms with E-state index in [-0.39, 0.29) is 5.78 Å². The average Bonchev–Trinajstić information content (AvgIpc) is 3.16. The summed E-state index contributed by atoms with van der Waals surface area (Å²) in [7, 11) is 0. The van der Waals surface area contributed by atoms with Crippen LogP contribution in [-0.2, 0) is 5.54 Å². The minimum atomic E-state index is -0.579. The standard InChI is InChI=1S/C19H24N2OS/c1-2-3-6-11-21-14-19(20,15-8-4-5-9-16(15)21)13-17(22)18-10-7-12-23-18/h4-5,7-10,12H,2-3,6,11,13-14,20H2,1H3. The first-order chi connectivity index (χ1) is 11.1. The van der Waals surface area contributed by atoms with Gasteiger partial charge in [-0.2, -0.15) is 0 Å². The number of carbonyl (C=O) groups excluding carboxylic acids is 1. The van der Waals surface area contributed by atoms with Crippen LogP contribution in [-0.4, -0.2) is 18.9 Å². The van der Waals surface area contributed by atoms with Crippen LogP contribution in [0.4, 0.5) is 5.69 Å². The molecule has 122 valence electrons. The SMILES string of the molecule is CCCCCN1CC(N)(CC(=O)c2cccs2)c2ccccc21. The van der Waals surface area contributed by atoms with E-state index in [9.17, 15) is 4.79 Å². The molecule has 1 aromatic heterocycles. The van der Waals surface area contributed by atoms with Crippen molar-refractivity contribution in [3.05, 3.63) is 52.2 Å². The summed E-state index contributed by atoms with van der Waals surface area (Å²) in [6.45, 7) is 3.95. The van der Waals surface area contributed by atoms with Crippen molar-refractivity contribution in [1.29, 1.82) is 0 Å². The number of carbonyl (C=O) groups is 1. The Hall–Kier alpha value is -1.65. The number of nitrogens with two attached hydrogens (primary N) is 1. The van der Waals surface area contributed by atoms with E-state index >= 15 is 0 Å². The second-order valence-electron chi connectivity index (χ2n) is 6.38. The molecule has 2 aromatic rings. The third-order valence-electron chi connectivity index (χ3n) is 4.56. The lowest BCUT2D eigenvalue weighted by molar-refractivity contribution is 0.0958. The molecule has 0 saturated carbocycles. The summed E-state index contributed by atoms with van der Waals surface area (Å²) in [6.07, 6.45) is 3.97. The normalized spacial score (nSPS) is 19.8. The number of nitrogens with zero attached hydrogens (tertiary/aromatic N) is 1. The molecule has 2 N–H and O–H groups in total. The fourth-order valence-electron chi connectivity index (χ4n) is 3.40. The zero-order valence-electron chi connectivity index (χ0n) is 13.6. The maximum absolute atomic E-state index is 12.6. The quantitative estimate of drug-likeness (QED) is 0.612. The van der Waals surface area contributed by atoms with Crippen LogP contribution in [0.3, 0.4) is 0 Å². The van der Waals surface area contributed by atoms with Crippen molar-refractivity contribution in [2.75, 3.05) is 18.0 Å². The van der Waals surface area contributed by atoms with Crippen molar-refractivity contribution in [3.8, 4) is 0 Å². The summed E-state index contributed by atoms with van der Waals surface area (Å²) in [4.78, 5) is 15.7. The molecule has 3 nitrogen and oxygen atoms in total. The molecule has 2 heterocycles. The molecule has 3 rings (SSSR count). The Bertz CT molecular complexity index is 668. The van der Waals surface area contributed by atoms with Gasteiger partial charge >= 0.3 is 0 Å². The summed E-state index contributed by atoms with van der Waals surface area (Å²) in [6, 6.07) is 12.1. The van der Waals surface area contributed by atoms with Gasteiger partial charge in [0.25, 0.3) is 0 Å². The average molecular weight is 328 g/mol. The van der Waals surface area contributed by atoms with Gasteiger partial charge in [0.15, 0.2) is 5.78 Å². The van der Waals surface area contributed by atoms with Crippen LogP contribution in [0, 0.1) is 0 Å². The van der Waals surface area contributed by atoms with Crippen LogP contribution in [0.15, 0.2) is 41.8 Å². The Morgan fingerprint density at radius 2 is 2.09 bits per heavy atom. The second kappa shape index (κ2) is 6.85. The number of anilines is 1. The number of hydrogen-bond donors (Lipinski definition) is 1. The molecule has 1 aliphatic rings. The molecule has 4 heteroatoms. The first-order valence-corrected chi connectivity index (χ1v) is 9.22. The van der Waals surface area contributed by atoms with Crippen LogP contribution >= 0.6 is 11.3 Å². The van der Waals surface area contributed by atoms with Gasteiger partial charge in [0.1, 0.15) is 0 Å². The molecule has 1 unspecified atom stereocenters. The number of thiophene rings is 1. The number of para-hydroxylation sites is 1. The first kappa shape index (κ1) is 16.2. The van der Waals surface area contributed by atoms with Gasteiger partial charge in [0.05, 0.1) is 10.4 Å². The first-order valence-electron chi connectivity index (χ1n) is 8.34. The number of Topliss-reactive ketones (excluding diaryl/α,β-unsaturated/α-hetero) is 1. The highest BCUT2D eigenvalue weighted by molar-refractivity contribution is 7.12.